The van der Waals surface area contributed by atoms with Crippen LogP contribution >= 0.6 is 11.3 Å². The molecule has 1 aliphatic rings. The van der Waals surface area contributed by atoms with Crippen molar-refractivity contribution in [2.45, 2.75) is 19.5 Å². The maximum Gasteiger partial charge on any atom is 0.307 e. The molecule has 8 heteroatoms. The molecule has 0 fully saturated rings. The number of hydrogen-bond donors (Lipinski definition) is 0. The molecule has 1 aliphatic heterocycles. The predicted octanol–water partition coefficient (Wildman–Crippen LogP) is 1.44. The molecule has 0 N–H and O–H groups in total. The number of carbonyl (C=O) groups is 1. The molecule has 0 unspecified atom stereocenters. The Balaban J connectivity index is 1.66. The second-order valence-corrected chi connectivity index (χ2v) is 5.59. The molecule has 0 radical (unpaired) electrons. The van der Waals surface area contributed by atoms with Crippen molar-refractivity contribution in [3.05, 3.63) is 44.4 Å². The summed E-state index contributed by atoms with van der Waals surface area (Å²) >= 11 is 1.72. The third-order valence-corrected chi connectivity index (χ3v) is 4.31. The molecule has 0 bridgehead atoms. The van der Waals surface area contributed by atoms with Gasteiger partial charge in [-0.3, -0.25) is 19.6 Å². The molecule has 7 nitrogen and oxygen atoms in total. The molecule has 0 spiro atoms. The van der Waals surface area contributed by atoms with E-state index in [-0.39, 0.29) is 18.1 Å². The Hall–Kier alpha value is -2.22. The van der Waals surface area contributed by atoms with E-state index < -0.39 is 4.92 Å². The van der Waals surface area contributed by atoms with Crippen molar-refractivity contribution in [3.8, 4) is 0 Å². The van der Waals surface area contributed by atoms with Crippen molar-refractivity contribution in [1.82, 2.24) is 14.7 Å². The van der Waals surface area contributed by atoms with Crippen molar-refractivity contribution in [2.75, 3.05) is 6.54 Å². The molecule has 20 heavy (non-hydrogen) atoms. The minimum Gasteiger partial charge on any atom is -0.336 e. The fraction of sp³-hybridized carbons (Fsp3) is 0.333. The molecule has 1 amide bonds. The van der Waals surface area contributed by atoms with Gasteiger partial charge in [-0.15, -0.1) is 11.3 Å². The molecule has 3 rings (SSSR count). The number of amides is 1. The SMILES string of the molecule is O=C(Cn1cc([N+](=O)[O-])cn1)N1CCc2sccc2C1. The van der Waals surface area contributed by atoms with Crippen LogP contribution in [-0.2, 0) is 24.3 Å². The van der Waals surface area contributed by atoms with Gasteiger partial charge in [-0.2, -0.15) is 5.10 Å². The molecule has 0 aliphatic carbocycles. The standard InChI is InChI=1S/C12H12N4O3S/c17-12(8-15-7-10(5-13-15)16(18)19)14-3-1-11-9(6-14)2-4-20-11/h2,4-5,7H,1,3,6,8H2. The minimum absolute atomic E-state index is 0.0350. The highest BCUT2D eigenvalue weighted by atomic mass is 32.1. The van der Waals surface area contributed by atoms with Gasteiger partial charge in [-0.25, -0.2) is 0 Å². The molecule has 0 atom stereocenters. The zero-order valence-electron chi connectivity index (χ0n) is 10.6. The van der Waals surface area contributed by atoms with Crippen LogP contribution in [0.15, 0.2) is 23.8 Å². The third-order valence-electron chi connectivity index (χ3n) is 3.29. The molecule has 2 aromatic heterocycles. The van der Waals surface area contributed by atoms with Gasteiger partial charge in [0, 0.05) is 18.0 Å². The van der Waals surface area contributed by atoms with E-state index in [4.69, 9.17) is 0 Å². The summed E-state index contributed by atoms with van der Waals surface area (Å²) in [4.78, 5) is 25.3. The molecule has 2 aromatic rings. The summed E-state index contributed by atoms with van der Waals surface area (Å²) < 4.78 is 1.31. The first-order chi connectivity index (χ1) is 9.63. The number of carbonyl (C=O) groups excluding carboxylic acids is 1. The topological polar surface area (TPSA) is 81.3 Å². The normalized spacial score (nSPS) is 14.1. The Labute approximate surface area is 118 Å². The van der Waals surface area contributed by atoms with Crippen LogP contribution in [-0.4, -0.2) is 32.1 Å². The zero-order valence-corrected chi connectivity index (χ0v) is 11.4. The van der Waals surface area contributed by atoms with Crippen LogP contribution in [0.3, 0.4) is 0 Å². The second-order valence-electron chi connectivity index (χ2n) is 4.59. The number of rotatable bonds is 3. The fourth-order valence-corrected chi connectivity index (χ4v) is 3.12. The van der Waals surface area contributed by atoms with Crippen molar-refractivity contribution in [3.63, 3.8) is 0 Å². The van der Waals surface area contributed by atoms with Gasteiger partial charge in [0.1, 0.15) is 18.9 Å². The minimum atomic E-state index is -0.521. The van der Waals surface area contributed by atoms with Gasteiger partial charge in [-0.05, 0) is 23.4 Å². The smallest absolute Gasteiger partial charge is 0.307 e. The second kappa shape index (κ2) is 5.04. The number of thiophene rings is 1. The van der Waals surface area contributed by atoms with E-state index in [0.29, 0.717) is 13.1 Å². The van der Waals surface area contributed by atoms with E-state index in [1.54, 1.807) is 16.2 Å². The van der Waals surface area contributed by atoms with Crippen LogP contribution in [0, 0.1) is 10.1 Å². The van der Waals surface area contributed by atoms with E-state index in [9.17, 15) is 14.9 Å². The summed E-state index contributed by atoms with van der Waals surface area (Å²) in [5, 5.41) is 16.4. The largest absolute Gasteiger partial charge is 0.336 e. The maximum absolute atomic E-state index is 12.2. The Bertz CT molecular complexity index is 663. The van der Waals surface area contributed by atoms with E-state index >= 15 is 0 Å². The van der Waals surface area contributed by atoms with E-state index in [2.05, 4.69) is 5.10 Å². The summed E-state index contributed by atoms with van der Waals surface area (Å²) in [5.74, 6) is -0.0696. The van der Waals surface area contributed by atoms with Crippen LogP contribution in [0.2, 0.25) is 0 Å². The van der Waals surface area contributed by atoms with Gasteiger partial charge in [0.05, 0.1) is 4.92 Å². The van der Waals surface area contributed by atoms with Crippen LogP contribution < -0.4 is 0 Å². The van der Waals surface area contributed by atoms with Gasteiger partial charge in [0.2, 0.25) is 5.91 Å². The van der Waals surface area contributed by atoms with Crippen molar-refractivity contribution < 1.29 is 9.72 Å². The number of nitrogens with zero attached hydrogens (tertiary/aromatic N) is 4. The average Bonchev–Trinajstić information content (AvgIpc) is 3.05. The molecule has 104 valence electrons. The van der Waals surface area contributed by atoms with Crippen LogP contribution in [0.1, 0.15) is 10.4 Å². The van der Waals surface area contributed by atoms with Gasteiger partial charge in [-0.1, -0.05) is 0 Å². The van der Waals surface area contributed by atoms with Crippen molar-refractivity contribution in [1.29, 1.82) is 0 Å². The lowest BCUT2D eigenvalue weighted by atomic mass is 10.1. The van der Waals surface area contributed by atoms with Crippen LogP contribution in [0.5, 0.6) is 0 Å². The fourth-order valence-electron chi connectivity index (χ4n) is 2.23. The number of hydrogen-bond acceptors (Lipinski definition) is 5. The quantitative estimate of drug-likeness (QED) is 0.633. The summed E-state index contributed by atoms with van der Waals surface area (Å²) in [7, 11) is 0. The first kappa shape index (κ1) is 12.8. The number of aromatic nitrogens is 2. The Morgan fingerprint density at radius 3 is 3.15 bits per heavy atom. The van der Waals surface area contributed by atoms with Gasteiger partial charge >= 0.3 is 5.69 Å². The Morgan fingerprint density at radius 1 is 1.55 bits per heavy atom. The molecule has 0 aromatic carbocycles. The third kappa shape index (κ3) is 2.42. The highest BCUT2D eigenvalue weighted by Gasteiger charge is 2.22. The Morgan fingerprint density at radius 2 is 2.40 bits per heavy atom. The molecular weight excluding hydrogens is 280 g/mol. The van der Waals surface area contributed by atoms with E-state index in [1.807, 2.05) is 11.4 Å². The average molecular weight is 292 g/mol. The number of nitro groups is 1. The van der Waals surface area contributed by atoms with E-state index in [0.717, 1.165) is 12.6 Å². The highest BCUT2D eigenvalue weighted by Crippen LogP contribution is 2.24. The van der Waals surface area contributed by atoms with Gasteiger partial charge in [0.25, 0.3) is 0 Å². The zero-order chi connectivity index (χ0) is 14.1. The summed E-state index contributed by atoms with van der Waals surface area (Å²) in [6.45, 7) is 1.34. The lowest BCUT2D eigenvalue weighted by Gasteiger charge is -2.26. The molecular formula is C12H12N4O3S. The summed E-state index contributed by atoms with van der Waals surface area (Å²) in [5.41, 5.74) is 1.10. The molecule has 0 saturated heterocycles. The van der Waals surface area contributed by atoms with Gasteiger partial charge < -0.3 is 4.90 Å². The Kier molecular flexibility index (Phi) is 3.23. The molecule has 0 saturated carbocycles. The monoisotopic (exact) mass is 292 g/mol. The highest BCUT2D eigenvalue weighted by molar-refractivity contribution is 7.10. The first-order valence-electron chi connectivity index (χ1n) is 6.13. The number of fused-ring (bicyclic) bond motifs is 1. The summed E-state index contributed by atoms with van der Waals surface area (Å²) in [6.07, 6.45) is 3.30. The van der Waals surface area contributed by atoms with E-state index in [1.165, 1.54) is 21.3 Å². The maximum atomic E-state index is 12.2. The van der Waals surface area contributed by atoms with Crippen LogP contribution in [0.4, 0.5) is 5.69 Å². The lowest BCUT2D eigenvalue weighted by Crippen LogP contribution is -2.37. The van der Waals surface area contributed by atoms with Crippen molar-refractivity contribution in [2.24, 2.45) is 0 Å². The van der Waals surface area contributed by atoms with Gasteiger partial charge in [0.15, 0.2) is 0 Å². The van der Waals surface area contributed by atoms with Crippen molar-refractivity contribution >= 4 is 22.9 Å². The first-order valence-corrected chi connectivity index (χ1v) is 7.01. The summed E-state index contributed by atoms with van der Waals surface area (Å²) in [6, 6.07) is 2.04. The van der Waals surface area contributed by atoms with Crippen LogP contribution in [0.25, 0.3) is 0 Å². The predicted molar refractivity (Wildman–Crippen MR) is 72.3 cm³/mol. The lowest BCUT2D eigenvalue weighted by molar-refractivity contribution is -0.385. The molecule has 3 heterocycles.